The maximum Gasteiger partial charge on any atom is 0.416 e. The zero-order valence-corrected chi connectivity index (χ0v) is 31.5. The fourth-order valence-corrected chi connectivity index (χ4v) is 6.30. The van der Waals surface area contributed by atoms with E-state index in [-0.39, 0.29) is 72.9 Å². The van der Waals surface area contributed by atoms with E-state index in [4.69, 9.17) is 23.7 Å². The van der Waals surface area contributed by atoms with Crippen molar-refractivity contribution in [2.24, 2.45) is 11.8 Å². The van der Waals surface area contributed by atoms with E-state index in [0.717, 1.165) is 10.5 Å². The molecule has 2 aliphatic rings. The van der Waals surface area contributed by atoms with Crippen LogP contribution in [0.2, 0.25) is 0 Å². The van der Waals surface area contributed by atoms with Crippen LogP contribution in [0.1, 0.15) is 68.4 Å². The molecule has 0 spiro atoms. The second-order valence-corrected chi connectivity index (χ2v) is 13.7. The fraction of sp³-hybridized carbons (Fsp3) is 0.513. The van der Waals surface area contributed by atoms with E-state index in [1.807, 2.05) is 20.8 Å². The van der Waals surface area contributed by atoms with Crippen molar-refractivity contribution in [3.05, 3.63) is 64.9 Å². The van der Waals surface area contributed by atoms with Crippen LogP contribution in [0.5, 0.6) is 11.5 Å². The average Bonchev–Trinajstić information content (AvgIpc) is 3.51. The van der Waals surface area contributed by atoms with Crippen LogP contribution in [0.4, 0.5) is 10.5 Å². The molecule has 0 saturated heterocycles. The molecular weight excluding hydrogens is 686 g/mol. The Kier molecular flexibility index (Phi) is 14.5. The maximum absolute atomic E-state index is 13.7. The molecule has 0 bridgehead atoms. The number of carbonyl (C=O) groups is 5. The van der Waals surface area contributed by atoms with Gasteiger partial charge in [0.1, 0.15) is 12.4 Å². The first-order valence-corrected chi connectivity index (χ1v) is 17.7. The second kappa shape index (κ2) is 18.8. The molecule has 0 radical (unpaired) electrons. The highest BCUT2D eigenvalue weighted by atomic mass is 16.6. The number of carbonyl (C=O) groups excluding carboxylic acids is 5. The normalized spacial score (nSPS) is 17.7. The highest BCUT2D eigenvalue weighted by molar-refractivity contribution is 6.06. The zero-order chi connectivity index (χ0) is 38.8. The Morgan fingerprint density at radius 1 is 0.943 bits per heavy atom. The maximum atomic E-state index is 13.7. The molecule has 0 fully saturated rings. The smallest absolute Gasteiger partial charge is 0.416 e. The lowest BCUT2D eigenvalue weighted by Crippen LogP contribution is -2.50. The van der Waals surface area contributed by atoms with Gasteiger partial charge in [-0.1, -0.05) is 43.7 Å². The van der Waals surface area contributed by atoms with Gasteiger partial charge in [-0.2, -0.15) is 0 Å². The molecule has 2 aromatic carbocycles. The van der Waals surface area contributed by atoms with Gasteiger partial charge >= 0.3 is 6.09 Å². The van der Waals surface area contributed by atoms with Crippen molar-refractivity contribution in [1.82, 2.24) is 10.2 Å². The Balaban J connectivity index is 1.36. The number of ketones is 2. The Labute approximate surface area is 310 Å². The van der Waals surface area contributed by atoms with E-state index < -0.39 is 36.2 Å². The van der Waals surface area contributed by atoms with Gasteiger partial charge in [-0.05, 0) is 43.4 Å². The molecule has 4 rings (SSSR count). The van der Waals surface area contributed by atoms with Gasteiger partial charge in [0.2, 0.25) is 5.91 Å². The number of nitrogens with zero attached hydrogens (tertiary/aromatic N) is 2. The summed E-state index contributed by atoms with van der Waals surface area (Å²) in [4.78, 5) is 68.4. The molecule has 2 heterocycles. The predicted molar refractivity (Wildman–Crippen MR) is 195 cm³/mol. The molecule has 2 N–H and O–H groups in total. The highest BCUT2D eigenvalue weighted by Crippen LogP contribution is 2.41. The number of hydrogen-bond donors (Lipinski definition) is 2. The number of methoxy groups -OCH3 is 3. The van der Waals surface area contributed by atoms with Gasteiger partial charge in [0.25, 0.3) is 5.91 Å². The number of benzene rings is 2. The van der Waals surface area contributed by atoms with Gasteiger partial charge in [-0.25, -0.2) is 9.69 Å². The Bertz CT molecular complexity index is 1670. The van der Waals surface area contributed by atoms with Crippen LogP contribution in [-0.4, -0.2) is 98.9 Å². The van der Waals surface area contributed by atoms with Crippen molar-refractivity contribution in [3.8, 4) is 11.5 Å². The number of rotatable bonds is 18. The lowest BCUT2D eigenvalue weighted by atomic mass is 9.88. The van der Waals surface area contributed by atoms with E-state index in [0.29, 0.717) is 36.5 Å². The predicted octanol–water partition coefficient (Wildman–Crippen LogP) is 4.20. The number of nitrogens with one attached hydrogen (secondary N) is 1. The monoisotopic (exact) mass is 737 g/mol. The molecule has 2 aliphatic heterocycles. The molecule has 0 unspecified atom stereocenters. The molecule has 14 heteroatoms. The van der Waals surface area contributed by atoms with Crippen molar-refractivity contribution in [2.75, 3.05) is 46.0 Å². The molecule has 288 valence electrons. The van der Waals surface area contributed by atoms with Crippen molar-refractivity contribution in [3.63, 3.8) is 0 Å². The number of aliphatic hydroxyl groups is 1. The van der Waals surface area contributed by atoms with Crippen molar-refractivity contribution >= 4 is 35.2 Å². The van der Waals surface area contributed by atoms with Crippen LogP contribution in [-0.2, 0) is 41.6 Å². The number of aliphatic hydroxyl groups excluding tert-OH is 1. The molecule has 14 nitrogen and oxygen atoms in total. The first-order chi connectivity index (χ1) is 25.3. The van der Waals surface area contributed by atoms with Crippen LogP contribution >= 0.6 is 0 Å². The SMILES string of the molecule is COCCOCCC(=O)C[C@H](C(=O)N[C@@H](C)C(=O)Cc1ccc(COC(=O)N2c3cc(OC)c(OC)cc3C(=O)N3C=C(C)C[C@H]3[C@@H]2O)cc1)C(C)C. The van der Waals surface area contributed by atoms with Crippen LogP contribution in [0.15, 0.2) is 48.2 Å². The lowest BCUT2D eigenvalue weighted by molar-refractivity contribution is -0.133. The summed E-state index contributed by atoms with van der Waals surface area (Å²) < 4.78 is 26.8. The third kappa shape index (κ3) is 10.2. The Morgan fingerprint density at radius 3 is 2.25 bits per heavy atom. The third-order valence-corrected chi connectivity index (χ3v) is 9.43. The Morgan fingerprint density at radius 2 is 1.60 bits per heavy atom. The van der Waals surface area contributed by atoms with Gasteiger partial charge in [0.05, 0.1) is 57.4 Å². The Hall–Kier alpha value is -4.79. The van der Waals surface area contributed by atoms with Crippen LogP contribution in [0, 0.1) is 11.8 Å². The molecule has 4 atom stereocenters. The van der Waals surface area contributed by atoms with Gasteiger partial charge in [-0.3, -0.25) is 19.2 Å². The number of hydrogen-bond acceptors (Lipinski definition) is 11. The van der Waals surface area contributed by atoms with Crippen LogP contribution in [0.3, 0.4) is 0 Å². The standard InChI is InChI=1S/C39H51N3O11/c1-23(2)29(18-28(43)12-13-52-15-14-49-5)36(45)40-25(4)33(44)17-26-8-10-27(11-9-26)22-53-39(48)42-31-20-35(51-7)34(50-6)19-30(31)37(46)41-21-24(3)16-32(41)38(42)47/h8-11,19-21,23,25,29,32,38,47H,12-18,22H2,1-7H3,(H,40,45)/t25-,29-,32-,38-/m0/s1. The van der Waals surface area contributed by atoms with E-state index in [2.05, 4.69) is 5.32 Å². The average molecular weight is 738 g/mol. The van der Waals surface area contributed by atoms with Crippen molar-refractivity contribution in [2.45, 2.75) is 78.3 Å². The summed E-state index contributed by atoms with van der Waals surface area (Å²) in [5.41, 5.74) is 2.44. The molecule has 0 aliphatic carbocycles. The van der Waals surface area contributed by atoms with Crippen LogP contribution < -0.4 is 19.7 Å². The van der Waals surface area contributed by atoms with E-state index in [1.54, 1.807) is 44.5 Å². The molecule has 0 saturated carbocycles. The summed E-state index contributed by atoms with van der Waals surface area (Å²) in [5.74, 6) is -1.18. The summed E-state index contributed by atoms with van der Waals surface area (Å²) in [5, 5.41) is 14.3. The minimum Gasteiger partial charge on any atom is -0.493 e. The van der Waals surface area contributed by atoms with Gasteiger partial charge in [-0.15, -0.1) is 0 Å². The van der Waals surface area contributed by atoms with Gasteiger partial charge in [0, 0.05) is 44.6 Å². The quantitative estimate of drug-likeness (QED) is 0.210. The van der Waals surface area contributed by atoms with E-state index in [9.17, 15) is 29.1 Å². The lowest BCUT2D eigenvalue weighted by Gasteiger charge is -2.31. The zero-order valence-electron chi connectivity index (χ0n) is 31.5. The summed E-state index contributed by atoms with van der Waals surface area (Å²) in [6.07, 6.45) is 0.0501. The largest absolute Gasteiger partial charge is 0.493 e. The molecule has 2 aromatic rings. The molecule has 53 heavy (non-hydrogen) atoms. The van der Waals surface area contributed by atoms with Crippen LogP contribution in [0.25, 0.3) is 0 Å². The number of fused-ring (bicyclic) bond motifs is 2. The molecular formula is C39H51N3O11. The molecule has 3 amide bonds. The summed E-state index contributed by atoms with van der Waals surface area (Å²) in [6, 6.07) is 8.35. The second-order valence-electron chi connectivity index (χ2n) is 13.7. The fourth-order valence-electron chi connectivity index (χ4n) is 6.30. The third-order valence-electron chi connectivity index (χ3n) is 9.43. The number of anilines is 1. The highest BCUT2D eigenvalue weighted by Gasteiger charge is 2.45. The topological polar surface area (TPSA) is 170 Å². The van der Waals surface area contributed by atoms with Crippen molar-refractivity contribution in [1.29, 1.82) is 0 Å². The first kappa shape index (κ1) is 41.0. The number of Topliss-reactive ketones (excluding diaryl/α,β-unsaturated/α-hetero) is 2. The van der Waals surface area contributed by atoms with E-state index in [1.165, 1.54) is 31.3 Å². The first-order valence-electron chi connectivity index (χ1n) is 17.7. The van der Waals surface area contributed by atoms with Crippen molar-refractivity contribution < 1.29 is 52.8 Å². The van der Waals surface area contributed by atoms with E-state index >= 15 is 0 Å². The van der Waals surface area contributed by atoms with Gasteiger partial charge in [0.15, 0.2) is 23.5 Å². The summed E-state index contributed by atoms with van der Waals surface area (Å²) >= 11 is 0. The number of ether oxygens (including phenoxy) is 5. The van der Waals surface area contributed by atoms with Gasteiger partial charge < -0.3 is 39.0 Å². The summed E-state index contributed by atoms with van der Waals surface area (Å²) in [7, 11) is 4.44. The minimum atomic E-state index is -1.42. The minimum absolute atomic E-state index is 0.0486. The molecule has 0 aromatic heterocycles. The number of amides is 3. The summed E-state index contributed by atoms with van der Waals surface area (Å²) in [6.45, 7) is 8.12.